The third-order valence-electron chi connectivity index (χ3n) is 3.62. The molecule has 3 rings (SSSR count). The minimum Gasteiger partial charge on any atom is -0.398 e. The number of nitrogen functional groups attached to an aromatic ring is 1. The Morgan fingerprint density at radius 1 is 1.40 bits per heavy atom. The molecule has 0 radical (unpaired) electrons. The monoisotopic (exact) mass is 290 g/mol. The highest BCUT2D eigenvalue weighted by atomic mass is 32.1. The Morgan fingerprint density at radius 3 is 3.05 bits per heavy atom. The number of anilines is 1. The van der Waals surface area contributed by atoms with Crippen molar-refractivity contribution >= 4 is 22.9 Å². The fourth-order valence-electron chi connectivity index (χ4n) is 2.61. The average molecular weight is 290 g/mol. The predicted octanol–water partition coefficient (Wildman–Crippen LogP) is 3.28. The molecular formula is C15H15FN2OS. The molecule has 2 aromatic rings. The van der Waals surface area contributed by atoms with Gasteiger partial charge in [0.05, 0.1) is 11.6 Å². The van der Waals surface area contributed by atoms with Crippen LogP contribution in [0, 0.1) is 5.82 Å². The molecule has 0 aliphatic heterocycles. The van der Waals surface area contributed by atoms with Gasteiger partial charge in [0.15, 0.2) is 0 Å². The number of hydrogen-bond acceptors (Lipinski definition) is 3. The van der Waals surface area contributed by atoms with Crippen LogP contribution in [0.15, 0.2) is 29.6 Å². The van der Waals surface area contributed by atoms with Crippen molar-refractivity contribution < 1.29 is 9.18 Å². The van der Waals surface area contributed by atoms with E-state index in [-0.39, 0.29) is 17.6 Å². The van der Waals surface area contributed by atoms with Crippen LogP contribution in [-0.4, -0.2) is 5.91 Å². The molecule has 1 amide bonds. The van der Waals surface area contributed by atoms with E-state index in [1.54, 1.807) is 11.3 Å². The van der Waals surface area contributed by atoms with Crippen molar-refractivity contribution in [2.45, 2.75) is 25.3 Å². The van der Waals surface area contributed by atoms with Gasteiger partial charge in [-0.05, 0) is 54.5 Å². The number of nitrogens with one attached hydrogen (secondary N) is 1. The average Bonchev–Trinajstić information content (AvgIpc) is 2.87. The number of fused-ring (bicyclic) bond motifs is 1. The van der Waals surface area contributed by atoms with Crippen molar-refractivity contribution in [2.24, 2.45) is 0 Å². The van der Waals surface area contributed by atoms with Crippen molar-refractivity contribution in [1.82, 2.24) is 5.32 Å². The summed E-state index contributed by atoms with van der Waals surface area (Å²) in [5.41, 5.74) is 7.41. The van der Waals surface area contributed by atoms with Gasteiger partial charge in [-0.15, -0.1) is 11.3 Å². The lowest BCUT2D eigenvalue weighted by atomic mass is 9.94. The number of amides is 1. The van der Waals surface area contributed by atoms with E-state index in [0.29, 0.717) is 5.56 Å². The van der Waals surface area contributed by atoms with Gasteiger partial charge in [0.2, 0.25) is 0 Å². The number of aryl methyl sites for hydroxylation is 1. The Balaban J connectivity index is 1.81. The summed E-state index contributed by atoms with van der Waals surface area (Å²) in [6.07, 6.45) is 3.08. The summed E-state index contributed by atoms with van der Waals surface area (Å²) < 4.78 is 13.0. The van der Waals surface area contributed by atoms with E-state index in [0.717, 1.165) is 19.3 Å². The van der Waals surface area contributed by atoms with Gasteiger partial charge >= 0.3 is 0 Å². The lowest BCUT2D eigenvalue weighted by molar-refractivity contribution is 0.0934. The van der Waals surface area contributed by atoms with Gasteiger partial charge < -0.3 is 11.1 Å². The zero-order valence-electron chi connectivity index (χ0n) is 10.9. The summed E-state index contributed by atoms with van der Waals surface area (Å²) in [7, 11) is 0. The molecule has 104 valence electrons. The minimum absolute atomic E-state index is 0.0296. The fourth-order valence-corrected chi connectivity index (χ4v) is 3.60. The number of nitrogens with two attached hydrogens (primary N) is 1. The maximum absolute atomic E-state index is 13.0. The second kappa shape index (κ2) is 5.25. The molecular weight excluding hydrogens is 275 g/mol. The van der Waals surface area contributed by atoms with Gasteiger partial charge in [0, 0.05) is 10.6 Å². The summed E-state index contributed by atoms with van der Waals surface area (Å²) in [5.74, 6) is -0.677. The van der Waals surface area contributed by atoms with Gasteiger partial charge in [-0.3, -0.25) is 4.79 Å². The van der Waals surface area contributed by atoms with E-state index in [4.69, 9.17) is 5.73 Å². The molecule has 0 spiro atoms. The lowest BCUT2D eigenvalue weighted by Gasteiger charge is -2.24. The normalized spacial score (nSPS) is 17.6. The standard InChI is InChI=1S/C15H15FN2OS/c16-9-4-5-10(12(17)8-9)15(19)18-13-2-1-3-14-11(13)6-7-20-14/h4-8,13H,1-3,17H2,(H,18,19). The summed E-state index contributed by atoms with van der Waals surface area (Å²) in [5, 5.41) is 5.06. The van der Waals surface area contributed by atoms with E-state index in [9.17, 15) is 9.18 Å². The number of hydrogen-bond donors (Lipinski definition) is 2. The van der Waals surface area contributed by atoms with Crippen LogP contribution in [0.2, 0.25) is 0 Å². The van der Waals surface area contributed by atoms with Gasteiger partial charge in [0.25, 0.3) is 5.91 Å². The highest BCUT2D eigenvalue weighted by Crippen LogP contribution is 2.33. The van der Waals surface area contributed by atoms with Crippen molar-refractivity contribution in [2.75, 3.05) is 5.73 Å². The first-order valence-corrected chi connectivity index (χ1v) is 7.45. The van der Waals surface area contributed by atoms with Gasteiger partial charge in [-0.2, -0.15) is 0 Å². The Labute approximate surface area is 120 Å². The first-order chi connectivity index (χ1) is 9.65. The number of halogens is 1. The summed E-state index contributed by atoms with van der Waals surface area (Å²) >= 11 is 1.73. The van der Waals surface area contributed by atoms with Crippen molar-refractivity contribution in [3.63, 3.8) is 0 Å². The second-order valence-corrected chi connectivity index (χ2v) is 5.95. The molecule has 1 atom stereocenters. The topological polar surface area (TPSA) is 55.1 Å². The molecule has 0 fully saturated rings. The lowest BCUT2D eigenvalue weighted by Crippen LogP contribution is -2.30. The number of benzene rings is 1. The third kappa shape index (κ3) is 2.41. The summed E-state index contributed by atoms with van der Waals surface area (Å²) in [6, 6.07) is 5.95. The van der Waals surface area contributed by atoms with Crippen LogP contribution in [-0.2, 0) is 6.42 Å². The summed E-state index contributed by atoms with van der Waals surface area (Å²) in [4.78, 5) is 13.6. The minimum atomic E-state index is -0.433. The van der Waals surface area contributed by atoms with Gasteiger partial charge in [0.1, 0.15) is 5.82 Å². The molecule has 3 nitrogen and oxygen atoms in total. The third-order valence-corrected chi connectivity index (χ3v) is 4.61. The van der Waals surface area contributed by atoms with Crippen molar-refractivity contribution in [3.05, 3.63) is 51.5 Å². The highest BCUT2D eigenvalue weighted by molar-refractivity contribution is 7.10. The molecule has 5 heteroatoms. The van der Waals surface area contributed by atoms with Crippen LogP contribution in [0.5, 0.6) is 0 Å². The van der Waals surface area contributed by atoms with Crippen LogP contribution in [0.1, 0.15) is 39.7 Å². The first kappa shape index (κ1) is 13.1. The number of thiophene rings is 1. The zero-order chi connectivity index (χ0) is 14.1. The molecule has 1 aromatic carbocycles. The van der Waals surface area contributed by atoms with E-state index < -0.39 is 5.82 Å². The molecule has 0 saturated carbocycles. The molecule has 20 heavy (non-hydrogen) atoms. The Kier molecular flexibility index (Phi) is 3.44. The molecule has 0 bridgehead atoms. The van der Waals surface area contributed by atoms with E-state index in [1.807, 2.05) is 0 Å². The molecule has 1 aromatic heterocycles. The Morgan fingerprint density at radius 2 is 2.25 bits per heavy atom. The summed E-state index contributed by atoms with van der Waals surface area (Å²) in [6.45, 7) is 0. The molecule has 1 aliphatic rings. The maximum atomic E-state index is 13.0. The van der Waals surface area contributed by atoms with Gasteiger partial charge in [-0.1, -0.05) is 0 Å². The van der Waals surface area contributed by atoms with Crippen molar-refractivity contribution in [3.8, 4) is 0 Å². The van der Waals surface area contributed by atoms with Crippen LogP contribution >= 0.6 is 11.3 Å². The van der Waals surface area contributed by atoms with E-state index >= 15 is 0 Å². The molecule has 3 N–H and O–H groups in total. The number of carbonyl (C=O) groups is 1. The number of carbonyl (C=O) groups excluding carboxylic acids is 1. The molecule has 1 unspecified atom stereocenters. The van der Waals surface area contributed by atoms with E-state index in [1.165, 1.54) is 28.6 Å². The fraction of sp³-hybridized carbons (Fsp3) is 0.267. The Hall–Kier alpha value is -1.88. The Bertz CT molecular complexity index is 653. The zero-order valence-corrected chi connectivity index (χ0v) is 11.7. The quantitative estimate of drug-likeness (QED) is 0.834. The number of rotatable bonds is 2. The molecule has 1 aliphatic carbocycles. The van der Waals surface area contributed by atoms with E-state index in [2.05, 4.69) is 16.8 Å². The predicted molar refractivity (Wildman–Crippen MR) is 78.3 cm³/mol. The smallest absolute Gasteiger partial charge is 0.253 e. The SMILES string of the molecule is Nc1cc(F)ccc1C(=O)NC1CCCc2sccc21. The first-order valence-electron chi connectivity index (χ1n) is 6.57. The maximum Gasteiger partial charge on any atom is 0.253 e. The molecule has 1 heterocycles. The van der Waals surface area contributed by atoms with Crippen molar-refractivity contribution in [1.29, 1.82) is 0 Å². The van der Waals surface area contributed by atoms with Crippen LogP contribution < -0.4 is 11.1 Å². The van der Waals surface area contributed by atoms with Crippen LogP contribution in [0.25, 0.3) is 0 Å². The highest BCUT2D eigenvalue weighted by Gasteiger charge is 2.23. The van der Waals surface area contributed by atoms with Crippen LogP contribution in [0.3, 0.4) is 0 Å². The molecule has 0 saturated heterocycles. The van der Waals surface area contributed by atoms with Gasteiger partial charge in [-0.25, -0.2) is 4.39 Å². The van der Waals surface area contributed by atoms with Crippen LogP contribution in [0.4, 0.5) is 10.1 Å². The largest absolute Gasteiger partial charge is 0.398 e. The second-order valence-electron chi connectivity index (χ2n) is 4.95.